The van der Waals surface area contributed by atoms with Crippen LogP contribution in [0.4, 0.5) is 5.69 Å². The minimum Gasteiger partial charge on any atom is -0.494 e. The lowest BCUT2D eigenvalue weighted by Gasteiger charge is -2.13. The van der Waals surface area contributed by atoms with Crippen molar-refractivity contribution < 1.29 is 9.53 Å². The van der Waals surface area contributed by atoms with Gasteiger partial charge in [0, 0.05) is 12.2 Å². The summed E-state index contributed by atoms with van der Waals surface area (Å²) in [6, 6.07) is 7.38. The minimum atomic E-state index is -0.263. The zero-order chi connectivity index (χ0) is 18.1. The van der Waals surface area contributed by atoms with E-state index in [1.807, 2.05) is 42.7 Å². The van der Waals surface area contributed by atoms with Gasteiger partial charge in [-0.25, -0.2) is 0 Å². The first kappa shape index (κ1) is 19.3. The number of hydrogen-bond acceptors (Lipinski definition) is 5. The summed E-state index contributed by atoms with van der Waals surface area (Å²) in [5.74, 6) is 0.736. The van der Waals surface area contributed by atoms with Crippen LogP contribution < -0.4 is 10.1 Å². The highest BCUT2D eigenvalue weighted by Crippen LogP contribution is 2.23. The second kappa shape index (κ2) is 10.1. The van der Waals surface area contributed by atoms with Gasteiger partial charge in [-0.2, -0.15) is 0 Å². The third-order valence-corrected chi connectivity index (χ3v) is 4.76. The zero-order valence-corrected chi connectivity index (χ0v) is 15.9. The number of thioether (sulfide) groups is 1. The third-order valence-electron chi connectivity index (χ3n) is 3.67. The Labute approximate surface area is 153 Å². The fourth-order valence-corrected chi connectivity index (χ4v) is 3.13. The average molecular weight is 362 g/mol. The Morgan fingerprint density at radius 3 is 2.72 bits per heavy atom. The molecule has 0 spiro atoms. The monoisotopic (exact) mass is 362 g/mol. The highest BCUT2D eigenvalue weighted by atomic mass is 32.2. The molecular formula is C18H26N4O2S. The van der Waals surface area contributed by atoms with Crippen molar-refractivity contribution in [2.45, 2.75) is 57.0 Å². The summed E-state index contributed by atoms with van der Waals surface area (Å²) >= 11 is 1.43. The van der Waals surface area contributed by atoms with E-state index in [1.54, 1.807) is 6.33 Å². The molecule has 1 N–H and O–H groups in total. The number of anilines is 1. The van der Waals surface area contributed by atoms with Crippen LogP contribution in [0.5, 0.6) is 5.75 Å². The maximum atomic E-state index is 12.4. The molecule has 2 rings (SSSR count). The summed E-state index contributed by atoms with van der Waals surface area (Å²) in [7, 11) is 0. The molecule has 0 aliphatic carbocycles. The Balaban J connectivity index is 1.88. The van der Waals surface area contributed by atoms with Crippen molar-refractivity contribution in [2.75, 3.05) is 11.9 Å². The minimum absolute atomic E-state index is 0.0581. The van der Waals surface area contributed by atoms with Crippen molar-refractivity contribution in [3.63, 3.8) is 0 Å². The van der Waals surface area contributed by atoms with Crippen LogP contribution >= 0.6 is 11.8 Å². The number of nitrogens with one attached hydrogen (secondary N) is 1. The lowest BCUT2D eigenvalue weighted by atomic mass is 10.2. The van der Waals surface area contributed by atoms with Crippen molar-refractivity contribution in [3.05, 3.63) is 30.6 Å². The molecule has 0 radical (unpaired) electrons. The van der Waals surface area contributed by atoms with Crippen LogP contribution in [0.1, 0.15) is 40.0 Å². The lowest BCUT2D eigenvalue weighted by Crippen LogP contribution is -2.22. The van der Waals surface area contributed by atoms with Crippen molar-refractivity contribution in [1.82, 2.24) is 14.8 Å². The molecule has 0 saturated carbocycles. The molecule has 1 heterocycles. The number of carbonyl (C=O) groups excluding carboxylic acids is 1. The molecular weight excluding hydrogens is 336 g/mol. The fraction of sp³-hybridized carbons (Fsp3) is 0.500. The summed E-state index contributed by atoms with van der Waals surface area (Å²) in [6.45, 7) is 7.50. The Bertz CT molecular complexity index is 657. The lowest BCUT2D eigenvalue weighted by molar-refractivity contribution is -0.115. The van der Waals surface area contributed by atoms with E-state index in [2.05, 4.69) is 22.4 Å². The summed E-state index contributed by atoms with van der Waals surface area (Å²) in [5, 5.41) is 11.5. The van der Waals surface area contributed by atoms with Crippen molar-refractivity contribution in [1.29, 1.82) is 0 Å². The number of amides is 1. The predicted octanol–water partition coefficient (Wildman–Crippen LogP) is 3.99. The number of aromatic nitrogens is 3. The molecule has 0 aliphatic heterocycles. The van der Waals surface area contributed by atoms with Gasteiger partial charge in [0.2, 0.25) is 5.91 Å². The fourth-order valence-electron chi connectivity index (χ4n) is 2.28. The van der Waals surface area contributed by atoms with E-state index >= 15 is 0 Å². The summed E-state index contributed by atoms with van der Waals surface area (Å²) in [5.41, 5.74) is 0.755. The molecule has 1 aromatic carbocycles. The number of aryl methyl sites for hydroxylation is 1. The topological polar surface area (TPSA) is 69.0 Å². The Hall–Kier alpha value is -2.02. The molecule has 0 aliphatic rings. The Kier molecular flexibility index (Phi) is 7.78. The molecule has 0 unspecified atom stereocenters. The molecule has 7 heteroatoms. The number of rotatable bonds is 10. The molecule has 136 valence electrons. The van der Waals surface area contributed by atoms with E-state index in [4.69, 9.17) is 4.74 Å². The van der Waals surface area contributed by atoms with E-state index in [9.17, 15) is 4.79 Å². The number of nitrogens with zero attached hydrogens (tertiary/aromatic N) is 3. The first-order valence-electron chi connectivity index (χ1n) is 8.72. The largest absolute Gasteiger partial charge is 0.494 e. The van der Waals surface area contributed by atoms with Crippen LogP contribution in [-0.4, -0.2) is 32.5 Å². The highest BCUT2D eigenvalue weighted by Gasteiger charge is 2.18. The van der Waals surface area contributed by atoms with Gasteiger partial charge in [-0.1, -0.05) is 31.5 Å². The van der Waals surface area contributed by atoms with Crippen LogP contribution in [0, 0.1) is 0 Å². The number of carbonyl (C=O) groups is 1. The van der Waals surface area contributed by atoms with Crippen molar-refractivity contribution in [2.24, 2.45) is 0 Å². The SMILES string of the molecule is CCCCCn1cnnc1S[C@H](C)C(=O)Nc1ccc(OCC)cc1. The van der Waals surface area contributed by atoms with Gasteiger partial charge >= 0.3 is 0 Å². The predicted molar refractivity (Wildman–Crippen MR) is 101 cm³/mol. The normalized spacial score (nSPS) is 12.0. The van der Waals surface area contributed by atoms with Gasteiger partial charge in [-0.05, 0) is 44.5 Å². The first-order valence-corrected chi connectivity index (χ1v) is 9.60. The second-order valence-electron chi connectivity index (χ2n) is 5.72. The maximum absolute atomic E-state index is 12.4. The van der Waals surface area contributed by atoms with Crippen LogP contribution in [-0.2, 0) is 11.3 Å². The van der Waals surface area contributed by atoms with Gasteiger partial charge in [0.15, 0.2) is 5.16 Å². The summed E-state index contributed by atoms with van der Waals surface area (Å²) in [4.78, 5) is 12.4. The number of hydrogen-bond donors (Lipinski definition) is 1. The van der Waals surface area contributed by atoms with E-state index in [0.29, 0.717) is 6.61 Å². The number of ether oxygens (including phenoxy) is 1. The smallest absolute Gasteiger partial charge is 0.237 e. The van der Waals surface area contributed by atoms with Crippen molar-refractivity contribution in [3.8, 4) is 5.75 Å². The molecule has 0 bridgehead atoms. The van der Waals surface area contributed by atoms with Crippen LogP contribution in [0.15, 0.2) is 35.7 Å². The highest BCUT2D eigenvalue weighted by molar-refractivity contribution is 8.00. The second-order valence-corrected chi connectivity index (χ2v) is 7.03. The first-order chi connectivity index (χ1) is 12.1. The summed E-state index contributed by atoms with van der Waals surface area (Å²) in [6.07, 6.45) is 5.17. The molecule has 25 heavy (non-hydrogen) atoms. The van der Waals surface area contributed by atoms with E-state index < -0.39 is 0 Å². The van der Waals surface area contributed by atoms with Gasteiger partial charge < -0.3 is 14.6 Å². The maximum Gasteiger partial charge on any atom is 0.237 e. The molecule has 2 aromatic rings. The van der Waals surface area contributed by atoms with Crippen LogP contribution in [0.3, 0.4) is 0 Å². The summed E-state index contributed by atoms with van der Waals surface area (Å²) < 4.78 is 7.42. The zero-order valence-electron chi connectivity index (χ0n) is 15.1. The molecule has 0 fully saturated rings. The Morgan fingerprint density at radius 1 is 1.28 bits per heavy atom. The molecule has 1 aromatic heterocycles. The third kappa shape index (κ3) is 6.08. The van der Waals surface area contributed by atoms with E-state index in [-0.39, 0.29) is 11.2 Å². The van der Waals surface area contributed by atoms with Gasteiger partial charge in [-0.3, -0.25) is 4.79 Å². The standard InChI is InChI=1S/C18H26N4O2S/c1-4-6-7-12-22-13-19-21-18(22)25-14(3)17(23)20-15-8-10-16(11-9-15)24-5-2/h8-11,13-14H,4-7,12H2,1-3H3,(H,20,23)/t14-/m1/s1. The van der Waals surface area contributed by atoms with Crippen LogP contribution in [0.2, 0.25) is 0 Å². The molecule has 0 saturated heterocycles. The van der Waals surface area contributed by atoms with Gasteiger partial charge in [0.1, 0.15) is 12.1 Å². The van der Waals surface area contributed by atoms with Gasteiger partial charge in [-0.15, -0.1) is 10.2 Å². The van der Waals surface area contributed by atoms with E-state index in [0.717, 1.165) is 29.6 Å². The Morgan fingerprint density at radius 2 is 2.04 bits per heavy atom. The van der Waals surface area contributed by atoms with Gasteiger partial charge in [0.05, 0.1) is 11.9 Å². The van der Waals surface area contributed by atoms with Crippen molar-refractivity contribution >= 4 is 23.4 Å². The van der Waals surface area contributed by atoms with Crippen LogP contribution in [0.25, 0.3) is 0 Å². The molecule has 6 nitrogen and oxygen atoms in total. The van der Waals surface area contributed by atoms with Gasteiger partial charge in [0.25, 0.3) is 0 Å². The average Bonchev–Trinajstić information content (AvgIpc) is 3.04. The van der Waals surface area contributed by atoms with E-state index in [1.165, 1.54) is 24.6 Å². The quantitative estimate of drug-likeness (QED) is 0.511. The number of unbranched alkanes of at least 4 members (excludes halogenated alkanes) is 2. The molecule has 1 atom stereocenters. The molecule has 1 amide bonds. The number of benzene rings is 1.